The molecular weight excluding hydrogens is 88.1 g/mol. The van der Waals surface area contributed by atoms with Gasteiger partial charge in [-0.05, 0) is 12.5 Å². The molecule has 3 N–H and O–H groups in total. The lowest BCUT2D eigenvalue weighted by Crippen LogP contribution is -2.11. The van der Waals surface area contributed by atoms with Gasteiger partial charge >= 0.3 is 0 Å². The SMILES string of the molecule is CNC1=C(C)C1N. The molecule has 2 heteroatoms. The van der Waals surface area contributed by atoms with Gasteiger partial charge in [0.1, 0.15) is 0 Å². The van der Waals surface area contributed by atoms with Crippen LogP contribution in [0, 0.1) is 0 Å². The molecule has 0 bridgehead atoms. The molecule has 2 nitrogen and oxygen atoms in total. The van der Waals surface area contributed by atoms with Gasteiger partial charge in [0.2, 0.25) is 0 Å². The number of nitrogens with one attached hydrogen (secondary N) is 1. The second-order valence-corrected chi connectivity index (χ2v) is 1.82. The molecule has 0 radical (unpaired) electrons. The molecule has 0 aromatic heterocycles. The fourth-order valence-electron chi connectivity index (χ4n) is 0.706. The summed E-state index contributed by atoms with van der Waals surface area (Å²) in [5.41, 5.74) is 7.99. The molecule has 1 aliphatic rings. The number of hydrogen-bond acceptors (Lipinski definition) is 2. The van der Waals surface area contributed by atoms with Gasteiger partial charge in [0, 0.05) is 12.7 Å². The van der Waals surface area contributed by atoms with Crippen molar-refractivity contribution in [2.75, 3.05) is 7.05 Å². The zero-order chi connectivity index (χ0) is 5.44. The summed E-state index contributed by atoms with van der Waals surface area (Å²) < 4.78 is 0. The van der Waals surface area contributed by atoms with Gasteiger partial charge in [-0.3, -0.25) is 0 Å². The Labute approximate surface area is 43.4 Å². The molecular formula is C5H10N2. The highest BCUT2D eigenvalue weighted by atomic mass is 15.0. The Kier molecular flexibility index (Phi) is 0.820. The van der Waals surface area contributed by atoms with Crippen molar-refractivity contribution in [1.82, 2.24) is 5.32 Å². The van der Waals surface area contributed by atoms with Crippen molar-refractivity contribution in [3.63, 3.8) is 0 Å². The van der Waals surface area contributed by atoms with E-state index in [0.717, 1.165) is 0 Å². The van der Waals surface area contributed by atoms with E-state index in [1.54, 1.807) is 0 Å². The van der Waals surface area contributed by atoms with Crippen LogP contribution in [0.3, 0.4) is 0 Å². The maximum atomic E-state index is 5.48. The molecule has 1 unspecified atom stereocenters. The molecule has 40 valence electrons. The molecule has 0 fully saturated rings. The summed E-state index contributed by atoms with van der Waals surface area (Å²) in [6.45, 7) is 2.04. The predicted octanol–water partition coefficient (Wildman–Crippen LogP) is -0.179. The van der Waals surface area contributed by atoms with E-state index in [2.05, 4.69) is 5.32 Å². The molecule has 0 saturated carbocycles. The van der Waals surface area contributed by atoms with E-state index >= 15 is 0 Å². The normalized spacial score (nSPS) is 28.1. The van der Waals surface area contributed by atoms with Crippen molar-refractivity contribution in [2.45, 2.75) is 13.0 Å². The van der Waals surface area contributed by atoms with Crippen molar-refractivity contribution in [3.8, 4) is 0 Å². The fraction of sp³-hybridized carbons (Fsp3) is 0.600. The summed E-state index contributed by atoms with van der Waals surface area (Å²) in [5.74, 6) is 0. The van der Waals surface area contributed by atoms with Crippen LogP contribution in [0.25, 0.3) is 0 Å². The van der Waals surface area contributed by atoms with E-state index < -0.39 is 0 Å². The topological polar surface area (TPSA) is 38.0 Å². The highest BCUT2D eigenvalue weighted by Gasteiger charge is 2.26. The molecule has 0 amide bonds. The molecule has 7 heavy (non-hydrogen) atoms. The Morgan fingerprint density at radius 3 is 2.14 bits per heavy atom. The Balaban J connectivity index is 2.44. The Hall–Kier alpha value is -0.500. The largest absolute Gasteiger partial charge is 0.390 e. The van der Waals surface area contributed by atoms with Crippen LogP contribution in [0.15, 0.2) is 11.3 Å². The highest BCUT2D eigenvalue weighted by Crippen LogP contribution is 2.24. The van der Waals surface area contributed by atoms with Crippen LogP contribution in [0.5, 0.6) is 0 Å². The molecule has 1 aliphatic carbocycles. The zero-order valence-corrected chi connectivity index (χ0v) is 4.65. The smallest absolute Gasteiger partial charge is 0.0677 e. The van der Waals surface area contributed by atoms with Crippen LogP contribution in [-0.4, -0.2) is 13.1 Å². The molecule has 0 aliphatic heterocycles. The van der Waals surface area contributed by atoms with Crippen LogP contribution >= 0.6 is 0 Å². The monoisotopic (exact) mass is 98.1 g/mol. The third-order valence-electron chi connectivity index (χ3n) is 1.39. The summed E-state index contributed by atoms with van der Waals surface area (Å²) >= 11 is 0. The maximum absolute atomic E-state index is 5.48. The van der Waals surface area contributed by atoms with Gasteiger partial charge in [-0.1, -0.05) is 0 Å². The van der Waals surface area contributed by atoms with Gasteiger partial charge in [0.15, 0.2) is 0 Å². The van der Waals surface area contributed by atoms with E-state index in [9.17, 15) is 0 Å². The first-order chi connectivity index (χ1) is 3.27. The van der Waals surface area contributed by atoms with Crippen LogP contribution in [0.4, 0.5) is 0 Å². The lowest BCUT2D eigenvalue weighted by atomic mass is 10.5. The van der Waals surface area contributed by atoms with Gasteiger partial charge in [-0.25, -0.2) is 0 Å². The number of nitrogens with two attached hydrogens (primary N) is 1. The van der Waals surface area contributed by atoms with Crippen molar-refractivity contribution in [3.05, 3.63) is 11.3 Å². The molecule has 0 spiro atoms. The van der Waals surface area contributed by atoms with Crippen molar-refractivity contribution in [1.29, 1.82) is 0 Å². The number of hydrogen-bond donors (Lipinski definition) is 2. The second kappa shape index (κ2) is 1.23. The standard InChI is InChI=1S/C5H10N2/c1-3-4(6)5(3)7-2/h4,7H,6H2,1-2H3. The van der Waals surface area contributed by atoms with Crippen LogP contribution < -0.4 is 11.1 Å². The van der Waals surface area contributed by atoms with Crippen molar-refractivity contribution >= 4 is 0 Å². The van der Waals surface area contributed by atoms with Crippen LogP contribution in [0.2, 0.25) is 0 Å². The van der Waals surface area contributed by atoms with E-state index in [0.29, 0.717) is 0 Å². The molecule has 0 aromatic carbocycles. The lowest BCUT2D eigenvalue weighted by molar-refractivity contribution is 0.951. The first-order valence-corrected chi connectivity index (χ1v) is 2.41. The van der Waals surface area contributed by atoms with Crippen molar-refractivity contribution in [2.24, 2.45) is 5.73 Å². The van der Waals surface area contributed by atoms with E-state index in [1.807, 2.05) is 14.0 Å². The van der Waals surface area contributed by atoms with Crippen LogP contribution in [0.1, 0.15) is 6.92 Å². The van der Waals surface area contributed by atoms with Gasteiger partial charge in [-0.15, -0.1) is 0 Å². The summed E-state index contributed by atoms with van der Waals surface area (Å²) in [7, 11) is 1.89. The summed E-state index contributed by atoms with van der Waals surface area (Å²) in [4.78, 5) is 0. The molecule has 1 atom stereocenters. The second-order valence-electron chi connectivity index (χ2n) is 1.82. The van der Waals surface area contributed by atoms with Gasteiger partial charge in [-0.2, -0.15) is 0 Å². The first kappa shape index (κ1) is 4.65. The van der Waals surface area contributed by atoms with Gasteiger partial charge in [0.05, 0.1) is 6.04 Å². The van der Waals surface area contributed by atoms with Gasteiger partial charge < -0.3 is 11.1 Å². The maximum Gasteiger partial charge on any atom is 0.0677 e. The van der Waals surface area contributed by atoms with E-state index in [4.69, 9.17) is 5.73 Å². The minimum absolute atomic E-state index is 0.255. The fourth-order valence-corrected chi connectivity index (χ4v) is 0.706. The zero-order valence-electron chi connectivity index (χ0n) is 4.65. The predicted molar refractivity (Wildman–Crippen MR) is 29.7 cm³/mol. The minimum atomic E-state index is 0.255. The first-order valence-electron chi connectivity index (χ1n) is 2.41. The van der Waals surface area contributed by atoms with Crippen molar-refractivity contribution < 1.29 is 0 Å². The molecule has 1 rings (SSSR count). The van der Waals surface area contributed by atoms with E-state index in [1.165, 1.54) is 11.3 Å². The quantitative estimate of drug-likeness (QED) is 0.477. The third-order valence-corrected chi connectivity index (χ3v) is 1.39. The summed E-state index contributed by atoms with van der Waals surface area (Å²) in [6.07, 6.45) is 0. The highest BCUT2D eigenvalue weighted by molar-refractivity contribution is 5.41. The molecule has 0 aromatic rings. The van der Waals surface area contributed by atoms with Crippen LogP contribution in [-0.2, 0) is 0 Å². The molecule has 0 saturated heterocycles. The Morgan fingerprint density at radius 2 is 2.14 bits per heavy atom. The number of likely N-dealkylation sites (N-methyl/N-ethyl adjacent to an activating group) is 1. The average Bonchev–Trinajstić information content (AvgIpc) is 2.17. The Bertz CT molecular complexity index is 115. The number of rotatable bonds is 1. The summed E-state index contributed by atoms with van der Waals surface area (Å²) in [6, 6.07) is 0.255. The minimum Gasteiger partial charge on any atom is -0.390 e. The molecule has 0 heterocycles. The third kappa shape index (κ3) is 0.509. The summed E-state index contributed by atoms with van der Waals surface area (Å²) in [5, 5.41) is 2.99. The lowest BCUT2D eigenvalue weighted by Gasteiger charge is -1.85. The Morgan fingerprint density at radius 1 is 1.71 bits per heavy atom. The van der Waals surface area contributed by atoms with E-state index in [-0.39, 0.29) is 6.04 Å². The average molecular weight is 98.1 g/mol. The van der Waals surface area contributed by atoms with Gasteiger partial charge in [0.25, 0.3) is 0 Å².